The highest BCUT2D eigenvalue weighted by molar-refractivity contribution is 5.79. The van der Waals surface area contributed by atoms with Gasteiger partial charge < -0.3 is 9.47 Å². The summed E-state index contributed by atoms with van der Waals surface area (Å²) in [6.07, 6.45) is -2.58. The molecule has 0 rings (SSSR count). The van der Waals surface area contributed by atoms with Gasteiger partial charge in [-0.15, -0.1) is 0 Å². The Bertz CT molecular complexity index is 449. The van der Waals surface area contributed by atoms with Gasteiger partial charge in [0.1, 0.15) is 6.42 Å². The summed E-state index contributed by atoms with van der Waals surface area (Å²) >= 11 is 0. The summed E-state index contributed by atoms with van der Waals surface area (Å²) in [5.41, 5.74) is 0. The second kappa shape index (κ2) is 6.87. The van der Waals surface area contributed by atoms with Gasteiger partial charge in [0.05, 0.1) is 13.2 Å². The van der Waals surface area contributed by atoms with E-state index in [-0.39, 0.29) is 0 Å². The van der Waals surface area contributed by atoms with Gasteiger partial charge in [-0.2, -0.15) is 35.1 Å². The van der Waals surface area contributed by atoms with Crippen molar-refractivity contribution >= 4 is 11.9 Å². The molecule has 136 valence electrons. The first-order valence-electron chi connectivity index (χ1n) is 6.03. The van der Waals surface area contributed by atoms with Crippen molar-refractivity contribution in [3.8, 4) is 0 Å². The number of rotatable bonds is 8. The number of hydrogen-bond donors (Lipinski definition) is 0. The van der Waals surface area contributed by atoms with Crippen molar-refractivity contribution < 1.29 is 54.2 Å². The van der Waals surface area contributed by atoms with Crippen molar-refractivity contribution in [2.75, 3.05) is 13.2 Å². The minimum absolute atomic E-state index is 0.532. The number of carbonyl (C=O) groups is 2. The fourth-order valence-electron chi connectivity index (χ4n) is 1.28. The molecule has 0 aromatic carbocycles. The van der Waals surface area contributed by atoms with Crippen molar-refractivity contribution in [1.29, 1.82) is 0 Å². The van der Waals surface area contributed by atoms with E-state index >= 15 is 0 Å². The number of alkyl halides is 8. The molecule has 0 amide bonds. The lowest BCUT2D eigenvalue weighted by Gasteiger charge is -2.35. The smallest absolute Gasteiger partial charge is 0.410 e. The van der Waals surface area contributed by atoms with E-state index in [0.29, 0.717) is 0 Å². The van der Waals surface area contributed by atoms with Gasteiger partial charge in [-0.05, 0) is 13.8 Å². The van der Waals surface area contributed by atoms with Gasteiger partial charge in [-0.3, -0.25) is 4.79 Å². The average molecular weight is 360 g/mol. The normalized spacial score (nSPS) is 13.7. The van der Waals surface area contributed by atoms with Gasteiger partial charge in [-0.1, -0.05) is 0 Å². The number of ether oxygens (including phenoxy) is 2. The van der Waals surface area contributed by atoms with Crippen LogP contribution in [0.25, 0.3) is 0 Å². The minimum Gasteiger partial charge on any atom is -0.466 e. The molecule has 0 bridgehead atoms. The summed E-state index contributed by atoms with van der Waals surface area (Å²) in [6, 6.07) is 0. The molecule has 4 nitrogen and oxygen atoms in total. The van der Waals surface area contributed by atoms with Crippen LogP contribution in [0.5, 0.6) is 0 Å². The molecule has 0 fully saturated rings. The number of hydrogen-bond acceptors (Lipinski definition) is 4. The maximum atomic E-state index is 13.3. The molecule has 0 saturated carbocycles. The molecule has 0 radical (unpaired) electrons. The maximum Gasteiger partial charge on any atom is 0.410 e. The van der Waals surface area contributed by atoms with Crippen molar-refractivity contribution in [1.82, 2.24) is 0 Å². The lowest BCUT2D eigenvalue weighted by molar-refractivity contribution is -0.360. The van der Waals surface area contributed by atoms with Crippen LogP contribution in [0, 0.1) is 0 Å². The molecule has 0 aliphatic carbocycles. The zero-order valence-electron chi connectivity index (χ0n) is 11.8. The monoisotopic (exact) mass is 360 g/mol. The predicted molar refractivity (Wildman–Crippen MR) is 57.7 cm³/mol. The third-order valence-electron chi connectivity index (χ3n) is 2.45. The van der Waals surface area contributed by atoms with E-state index in [1.165, 1.54) is 0 Å². The molecule has 0 aromatic rings. The van der Waals surface area contributed by atoms with Crippen LogP contribution in [-0.4, -0.2) is 48.8 Å². The highest BCUT2D eigenvalue weighted by Gasteiger charge is 2.83. The summed E-state index contributed by atoms with van der Waals surface area (Å²) in [7, 11) is 0. The standard InChI is InChI=1S/C11H12F8O4/c1-3-22-6(20)5-8(12,13)10(16,17)11(18,19)9(14,15)7(21)23-4-2/h3-5H2,1-2H3. The van der Waals surface area contributed by atoms with Crippen molar-refractivity contribution in [3.63, 3.8) is 0 Å². The van der Waals surface area contributed by atoms with Gasteiger partial charge in [0.15, 0.2) is 0 Å². The van der Waals surface area contributed by atoms with Gasteiger partial charge >= 0.3 is 35.6 Å². The van der Waals surface area contributed by atoms with Crippen molar-refractivity contribution in [3.05, 3.63) is 0 Å². The van der Waals surface area contributed by atoms with Crippen LogP contribution in [0.2, 0.25) is 0 Å². The van der Waals surface area contributed by atoms with Gasteiger partial charge in [0.25, 0.3) is 0 Å². The lowest BCUT2D eigenvalue weighted by Crippen LogP contribution is -2.65. The average Bonchev–Trinajstić information content (AvgIpc) is 2.37. The zero-order chi connectivity index (χ0) is 18.7. The van der Waals surface area contributed by atoms with E-state index in [4.69, 9.17) is 0 Å². The first-order valence-corrected chi connectivity index (χ1v) is 6.03. The molecule has 0 aliphatic rings. The van der Waals surface area contributed by atoms with Gasteiger partial charge in [0, 0.05) is 0 Å². The Balaban J connectivity index is 5.67. The van der Waals surface area contributed by atoms with Crippen LogP contribution in [-0.2, 0) is 19.1 Å². The van der Waals surface area contributed by atoms with E-state index in [0.717, 1.165) is 13.8 Å². The SMILES string of the molecule is CCOC(=O)CC(F)(F)C(F)(F)C(F)(F)C(F)(F)C(=O)OCC. The Kier molecular flexibility index (Phi) is 6.39. The summed E-state index contributed by atoms with van der Waals surface area (Å²) in [5.74, 6) is -30.8. The first kappa shape index (κ1) is 21.4. The molecule has 0 spiro atoms. The van der Waals surface area contributed by atoms with E-state index in [2.05, 4.69) is 9.47 Å². The third-order valence-corrected chi connectivity index (χ3v) is 2.45. The number of halogens is 8. The Labute approximate surface area is 124 Å². The Morgan fingerprint density at radius 3 is 1.61 bits per heavy atom. The predicted octanol–water partition coefficient (Wildman–Crippen LogP) is 3.04. The highest BCUT2D eigenvalue weighted by atomic mass is 19.4. The van der Waals surface area contributed by atoms with Crippen LogP contribution in [0.3, 0.4) is 0 Å². The lowest BCUT2D eigenvalue weighted by atomic mass is 9.96. The Morgan fingerprint density at radius 2 is 1.22 bits per heavy atom. The van der Waals surface area contributed by atoms with E-state index in [1.807, 2.05) is 0 Å². The minimum atomic E-state index is -6.82. The maximum absolute atomic E-state index is 13.3. The topological polar surface area (TPSA) is 52.6 Å². The summed E-state index contributed by atoms with van der Waals surface area (Å²) in [4.78, 5) is 21.4. The largest absolute Gasteiger partial charge is 0.466 e. The van der Waals surface area contributed by atoms with E-state index < -0.39 is 55.3 Å². The summed E-state index contributed by atoms with van der Waals surface area (Å²) in [5, 5.41) is 0. The van der Waals surface area contributed by atoms with Crippen LogP contribution in [0.4, 0.5) is 35.1 Å². The van der Waals surface area contributed by atoms with Gasteiger partial charge in [-0.25, -0.2) is 4.79 Å². The molecular formula is C11H12F8O4. The van der Waals surface area contributed by atoms with Crippen LogP contribution in [0.15, 0.2) is 0 Å². The second-order valence-electron chi connectivity index (χ2n) is 4.13. The molecule has 0 N–H and O–H groups in total. The van der Waals surface area contributed by atoms with Crippen LogP contribution in [0.1, 0.15) is 20.3 Å². The van der Waals surface area contributed by atoms with Gasteiger partial charge in [0.2, 0.25) is 0 Å². The molecular weight excluding hydrogens is 348 g/mol. The third kappa shape index (κ3) is 3.83. The molecule has 0 aliphatic heterocycles. The first-order chi connectivity index (χ1) is 10.2. The summed E-state index contributed by atoms with van der Waals surface area (Å²) < 4.78 is 113. The quantitative estimate of drug-likeness (QED) is 0.493. The number of esters is 2. The molecule has 0 aromatic heterocycles. The second-order valence-corrected chi connectivity index (χ2v) is 4.13. The highest BCUT2D eigenvalue weighted by Crippen LogP contribution is 2.53. The zero-order valence-corrected chi connectivity index (χ0v) is 11.8. The molecule has 23 heavy (non-hydrogen) atoms. The van der Waals surface area contributed by atoms with Crippen molar-refractivity contribution in [2.24, 2.45) is 0 Å². The molecule has 0 atom stereocenters. The molecule has 0 saturated heterocycles. The molecule has 0 unspecified atom stereocenters. The van der Waals surface area contributed by atoms with E-state index in [9.17, 15) is 44.7 Å². The van der Waals surface area contributed by atoms with Crippen molar-refractivity contribution in [2.45, 2.75) is 44.0 Å². The van der Waals surface area contributed by atoms with Crippen LogP contribution >= 0.6 is 0 Å². The molecule has 0 heterocycles. The number of carbonyl (C=O) groups excluding carboxylic acids is 2. The van der Waals surface area contributed by atoms with Crippen LogP contribution < -0.4 is 0 Å². The Hall–Kier alpha value is -1.62. The fourth-order valence-corrected chi connectivity index (χ4v) is 1.28. The van der Waals surface area contributed by atoms with E-state index in [1.54, 1.807) is 0 Å². The molecule has 12 heteroatoms. The summed E-state index contributed by atoms with van der Waals surface area (Å²) in [6.45, 7) is 0.600. The fraction of sp³-hybridized carbons (Fsp3) is 0.818. The Morgan fingerprint density at radius 1 is 0.783 bits per heavy atom.